The minimum atomic E-state index is -0.503. The monoisotopic (exact) mass is 302 g/mol. The Bertz CT molecular complexity index is 451. The first-order valence-electron chi connectivity index (χ1n) is 6.65. The maximum atomic E-state index is 13.7. The molecule has 1 saturated heterocycles. The Balaban J connectivity index is 0.00000200. The average molecular weight is 303 g/mol. The topological polar surface area (TPSA) is 50.4 Å². The molecule has 1 heterocycles. The molecule has 2 N–H and O–H groups in total. The summed E-state index contributed by atoms with van der Waals surface area (Å²) in [6.45, 7) is 3.83. The van der Waals surface area contributed by atoms with Crippen LogP contribution in [0, 0.1) is 5.82 Å². The van der Waals surface area contributed by atoms with Gasteiger partial charge in [0.15, 0.2) is 11.6 Å². The molecule has 0 spiro atoms. The summed E-state index contributed by atoms with van der Waals surface area (Å²) in [6, 6.07) is 4.49. The van der Waals surface area contributed by atoms with E-state index in [4.69, 9.17) is 4.74 Å². The predicted octanol–water partition coefficient (Wildman–Crippen LogP) is 2.13. The van der Waals surface area contributed by atoms with Crippen molar-refractivity contribution in [3.63, 3.8) is 0 Å². The van der Waals surface area contributed by atoms with E-state index in [0.717, 1.165) is 25.9 Å². The van der Waals surface area contributed by atoms with Crippen molar-refractivity contribution in [2.24, 2.45) is 0 Å². The lowest BCUT2D eigenvalue weighted by atomic mass is 10.1. The van der Waals surface area contributed by atoms with Crippen LogP contribution >= 0.6 is 12.4 Å². The maximum absolute atomic E-state index is 13.7. The number of hydrogen-bond donors (Lipinski definition) is 2. The molecule has 0 radical (unpaired) electrons. The van der Waals surface area contributed by atoms with Crippen LogP contribution in [0.15, 0.2) is 18.2 Å². The lowest BCUT2D eigenvalue weighted by Gasteiger charge is -2.24. The Labute approximate surface area is 124 Å². The molecule has 1 aromatic carbocycles. The summed E-state index contributed by atoms with van der Waals surface area (Å²) in [5, 5.41) is 6.14. The zero-order valence-corrected chi connectivity index (χ0v) is 12.3. The molecule has 0 aliphatic carbocycles. The number of carbonyl (C=O) groups is 1. The quantitative estimate of drug-likeness (QED) is 0.896. The number of benzene rings is 1. The molecule has 112 valence electrons. The third-order valence-electron chi connectivity index (χ3n) is 3.13. The Hall–Kier alpha value is -1.33. The summed E-state index contributed by atoms with van der Waals surface area (Å²) in [5.41, 5.74) is 0.257. The second-order valence-electron chi connectivity index (χ2n) is 4.57. The lowest BCUT2D eigenvalue weighted by Crippen LogP contribution is -2.45. The molecule has 1 aliphatic heterocycles. The van der Waals surface area contributed by atoms with Crippen LogP contribution in [-0.2, 0) is 0 Å². The van der Waals surface area contributed by atoms with Gasteiger partial charge in [0.2, 0.25) is 0 Å². The molecule has 1 fully saturated rings. The molecule has 4 nitrogen and oxygen atoms in total. The Kier molecular flexibility index (Phi) is 6.75. The van der Waals surface area contributed by atoms with Gasteiger partial charge in [0.25, 0.3) is 5.91 Å². The highest BCUT2D eigenvalue weighted by Gasteiger charge is 2.20. The molecule has 0 saturated carbocycles. The van der Waals surface area contributed by atoms with Crippen molar-refractivity contribution in [2.45, 2.75) is 25.8 Å². The summed E-state index contributed by atoms with van der Waals surface area (Å²) >= 11 is 0. The minimum Gasteiger partial charge on any atom is -0.490 e. The first-order valence-corrected chi connectivity index (χ1v) is 6.65. The van der Waals surface area contributed by atoms with Crippen LogP contribution in [0.2, 0.25) is 0 Å². The van der Waals surface area contributed by atoms with Gasteiger partial charge in [-0.2, -0.15) is 0 Å². The number of rotatable bonds is 4. The van der Waals surface area contributed by atoms with Gasteiger partial charge in [-0.05, 0) is 38.4 Å². The molecular weight excluding hydrogens is 283 g/mol. The number of nitrogens with one attached hydrogen (secondary N) is 2. The van der Waals surface area contributed by atoms with E-state index in [1.54, 1.807) is 13.0 Å². The highest BCUT2D eigenvalue weighted by Crippen LogP contribution is 2.22. The van der Waals surface area contributed by atoms with Crippen LogP contribution in [0.1, 0.15) is 30.1 Å². The number of hydrogen-bond acceptors (Lipinski definition) is 3. The number of carbonyl (C=O) groups excluding carboxylic acids is 1. The number of amides is 1. The van der Waals surface area contributed by atoms with Gasteiger partial charge in [-0.15, -0.1) is 12.4 Å². The summed E-state index contributed by atoms with van der Waals surface area (Å²) in [6.07, 6.45) is 1.98. The number of ether oxygens (including phenoxy) is 1. The van der Waals surface area contributed by atoms with Gasteiger partial charge >= 0.3 is 0 Å². The van der Waals surface area contributed by atoms with Gasteiger partial charge in [0.05, 0.1) is 12.2 Å². The second kappa shape index (κ2) is 8.07. The van der Waals surface area contributed by atoms with Gasteiger partial charge in [0, 0.05) is 12.6 Å². The average Bonchev–Trinajstić information content (AvgIpc) is 2.42. The normalized spacial score (nSPS) is 18.0. The fourth-order valence-corrected chi connectivity index (χ4v) is 2.22. The van der Waals surface area contributed by atoms with E-state index in [0.29, 0.717) is 6.61 Å². The van der Waals surface area contributed by atoms with Gasteiger partial charge in [-0.25, -0.2) is 4.39 Å². The third-order valence-corrected chi connectivity index (χ3v) is 3.13. The smallest absolute Gasteiger partial charge is 0.255 e. The molecule has 6 heteroatoms. The molecule has 0 bridgehead atoms. The van der Waals surface area contributed by atoms with Gasteiger partial charge in [0.1, 0.15) is 0 Å². The molecule has 1 atom stereocenters. The fourth-order valence-electron chi connectivity index (χ4n) is 2.22. The number of para-hydroxylation sites is 1. The van der Waals surface area contributed by atoms with Crippen LogP contribution < -0.4 is 15.4 Å². The molecule has 1 aromatic rings. The lowest BCUT2D eigenvalue weighted by molar-refractivity contribution is 0.0926. The largest absolute Gasteiger partial charge is 0.490 e. The van der Waals surface area contributed by atoms with E-state index < -0.39 is 5.82 Å². The summed E-state index contributed by atoms with van der Waals surface area (Å²) in [7, 11) is 0. The molecule has 1 aliphatic rings. The zero-order chi connectivity index (χ0) is 13.7. The van der Waals surface area contributed by atoms with Crippen molar-refractivity contribution in [1.29, 1.82) is 0 Å². The van der Waals surface area contributed by atoms with Crippen molar-refractivity contribution in [3.05, 3.63) is 29.6 Å². The van der Waals surface area contributed by atoms with Crippen LogP contribution in [0.5, 0.6) is 5.75 Å². The maximum Gasteiger partial charge on any atom is 0.255 e. The molecular formula is C14H20ClFN2O2. The summed E-state index contributed by atoms with van der Waals surface area (Å²) < 4.78 is 18.9. The van der Waals surface area contributed by atoms with E-state index in [-0.39, 0.29) is 35.7 Å². The summed E-state index contributed by atoms with van der Waals surface area (Å²) in [5.74, 6) is -0.751. The van der Waals surface area contributed by atoms with Crippen molar-refractivity contribution in [2.75, 3.05) is 19.7 Å². The number of piperidine rings is 1. The van der Waals surface area contributed by atoms with E-state index in [2.05, 4.69) is 10.6 Å². The Morgan fingerprint density at radius 2 is 2.35 bits per heavy atom. The standard InChI is InChI=1S/C14H19FN2O2.ClH/c1-2-19-13-11(6-3-7-12(13)15)14(18)17-10-5-4-8-16-9-10;/h3,6-7,10,16H,2,4-5,8-9H2,1H3,(H,17,18);1H/t10-;/m0./s1. The van der Waals surface area contributed by atoms with Gasteiger partial charge in [-0.1, -0.05) is 6.07 Å². The van der Waals surface area contributed by atoms with Crippen LogP contribution in [0.3, 0.4) is 0 Å². The van der Waals surface area contributed by atoms with E-state index >= 15 is 0 Å². The fraction of sp³-hybridized carbons (Fsp3) is 0.500. The highest BCUT2D eigenvalue weighted by atomic mass is 35.5. The minimum absolute atomic E-state index is 0. The zero-order valence-electron chi connectivity index (χ0n) is 11.4. The van der Waals surface area contributed by atoms with E-state index in [1.165, 1.54) is 12.1 Å². The third kappa shape index (κ3) is 4.08. The van der Waals surface area contributed by atoms with Crippen LogP contribution in [0.4, 0.5) is 4.39 Å². The molecule has 0 unspecified atom stereocenters. The molecule has 0 aromatic heterocycles. The van der Waals surface area contributed by atoms with E-state index in [1.807, 2.05) is 0 Å². The molecule has 20 heavy (non-hydrogen) atoms. The van der Waals surface area contributed by atoms with Gasteiger partial charge in [-0.3, -0.25) is 4.79 Å². The van der Waals surface area contributed by atoms with E-state index in [9.17, 15) is 9.18 Å². The van der Waals surface area contributed by atoms with Crippen molar-refractivity contribution in [3.8, 4) is 5.75 Å². The Morgan fingerprint density at radius 3 is 3.00 bits per heavy atom. The Morgan fingerprint density at radius 1 is 1.55 bits per heavy atom. The van der Waals surface area contributed by atoms with Crippen LogP contribution in [-0.4, -0.2) is 31.6 Å². The second-order valence-corrected chi connectivity index (χ2v) is 4.57. The van der Waals surface area contributed by atoms with Crippen molar-refractivity contribution in [1.82, 2.24) is 10.6 Å². The van der Waals surface area contributed by atoms with Crippen LogP contribution in [0.25, 0.3) is 0 Å². The highest BCUT2D eigenvalue weighted by molar-refractivity contribution is 5.97. The van der Waals surface area contributed by atoms with Crippen molar-refractivity contribution >= 4 is 18.3 Å². The van der Waals surface area contributed by atoms with Crippen molar-refractivity contribution < 1.29 is 13.9 Å². The first-order chi connectivity index (χ1) is 9.22. The summed E-state index contributed by atoms with van der Waals surface area (Å²) in [4.78, 5) is 12.2. The first kappa shape index (κ1) is 16.7. The number of halogens is 2. The van der Waals surface area contributed by atoms with Gasteiger partial charge < -0.3 is 15.4 Å². The molecule has 1 amide bonds. The molecule has 2 rings (SSSR count). The predicted molar refractivity (Wildman–Crippen MR) is 78.2 cm³/mol. The SMILES string of the molecule is CCOc1c(F)cccc1C(=O)N[C@H]1CCCNC1.Cl.